The summed E-state index contributed by atoms with van der Waals surface area (Å²) < 4.78 is 5.30. The van der Waals surface area contributed by atoms with Gasteiger partial charge in [-0.25, -0.2) is 0 Å². The van der Waals surface area contributed by atoms with Crippen LogP contribution in [0.4, 0.5) is 11.4 Å². The number of anilines is 2. The van der Waals surface area contributed by atoms with Crippen LogP contribution in [0.15, 0.2) is 30.3 Å². The molecule has 0 heterocycles. The number of nitrogens with one attached hydrogen (secondary N) is 1. The standard InChI is InChI=1S/C17H21NO/c1-11-7-6-8-12(2)16(11)18-17-13(3)9-15(19-5)10-14(17)4/h6-10,18H,1-5H3. The molecule has 0 atom stereocenters. The number of rotatable bonds is 3. The molecule has 2 heteroatoms. The summed E-state index contributed by atoms with van der Waals surface area (Å²) in [5.41, 5.74) is 7.26. The van der Waals surface area contributed by atoms with Crippen LogP contribution in [-0.4, -0.2) is 7.11 Å². The van der Waals surface area contributed by atoms with E-state index in [0.29, 0.717) is 0 Å². The predicted octanol–water partition coefficient (Wildman–Crippen LogP) is 4.67. The quantitative estimate of drug-likeness (QED) is 0.860. The second-order valence-electron chi connectivity index (χ2n) is 5.03. The van der Waals surface area contributed by atoms with E-state index in [2.05, 4.69) is 63.3 Å². The Morgan fingerprint density at radius 1 is 0.789 bits per heavy atom. The average molecular weight is 255 g/mol. The van der Waals surface area contributed by atoms with E-state index in [1.165, 1.54) is 33.6 Å². The predicted molar refractivity (Wildman–Crippen MR) is 81.7 cm³/mol. The molecule has 0 radical (unpaired) electrons. The van der Waals surface area contributed by atoms with Crippen LogP contribution in [0, 0.1) is 27.7 Å². The van der Waals surface area contributed by atoms with Gasteiger partial charge in [-0.1, -0.05) is 18.2 Å². The van der Waals surface area contributed by atoms with Crippen molar-refractivity contribution in [1.29, 1.82) is 0 Å². The molecule has 0 bridgehead atoms. The Morgan fingerprint density at radius 3 is 1.74 bits per heavy atom. The number of hydrogen-bond acceptors (Lipinski definition) is 2. The van der Waals surface area contributed by atoms with Crippen molar-refractivity contribution < 1.29 is 4.74 Å². The maximum absolute atomic E-state index is 5.30. The SMILES string of the molecule is COc1cc(C)c(Nc2c(C)cccc2C)c(C)c1. The van der Waals surface area contributed by atoms with Gasteiger partial charge in [0.2, 0.25) is 0 Å². The molecule has 1 N–H and O–H groups in total. The highest BCUT2D eigenvalue weighted by Crippen LogP contribution is 2.31. The molecule has 0 saturated carbocycles. The van der Waals surface area contributed by atoms with Crippen molar-refractivity contribution in [2.24, 2.45) is 0 Å². The third kappa shape index (κ3) is 2.73. The number of para-hydroxylation sites is 1. The van der Waals surface area contributed by atoms with Gasteiger partial charge in [0.05, 0.1) is 7.11 Å². The molecule has 100 valence electrons. The Labute approximate surface area is 115 Å². The smallest absolute Gasteiger partial charge is 0.119 e. The van der Waals surface area contributed by atoms with Crippen molar-refractivity contribution in [3.8, 4) is 5.75 Å². The second kappa shape index (κ2) is 5.35. The van der Waals surface area contributed by atoms with Crippen LogP contribution in [0.25, 0.3) is 0 Å². The van der Waals surface area contributed by atoms with E-state index in [4.69, 9.17) is 4.74 Å². The van der Waals surface area contributed by atoms with E-state index in [1.54, 1.807) is 7.11 Å². The maximum atomic E-state index is 5.30. The highest BCUT2D eigenvalue weighted by atomic mass is 16.5. The van der Waals surface area contributed by atoms with Gasteiger partial charge >= 0.3 is 0 Å². The molecule has 2 aromatic rings. The molecule has 2 aromatic carbocycles. The van der Waals surface area contributed by atoms with E-state index in [0.717, 1.165) is 5.75 Å². The molecular weight excluding hydrogens is 234 g/mol. The molecule has 0 saturated heterocycles. The lowest BCUT2D eigenvalue weighted by atomic mass is 10.1. The topological polar surface area (TPSA) is 21.3 Å². The summed E-state index contributed by atoms with van der Waals surface area (Å²) in [5.74, 6) is 0.905. The van der Waals surface area contributed by atoms with Crippen LogP contribution in [0.1, 0.15) is 22.3 Å². The molecule has 0 aromatic heterocycles. The molecule has 2 rings (SSSR count). The normalized spacial score (nSPS) is 10.4. The number of aryl methyl sites for hydroxylation is 4. The van der Waals surface area contributed by atoms with Crippen LogP contribution in [0.3, 0.4) is 0 Å². The first-order valence-corrected chi connectivity index (χ1v) is 6.51. The second-order valence-corrected chi connectivity index (χ2v) is 5.03. The molecule has 0 aliphatic carbocycles. The lowest BCUT2D eigenvalue weighted by Crippen LogP contribution is -2.00. The Morgan fingerprint density at radius 2 is 1.26 bits per heavy atom. The Hall–Kier alpha value is -1.96. The lowest BCUT2D eigenvalue weighted by Gasteiger charge is -2.17. The first-order valence-electron chi connectivity index (χ1n) is 6.51. The van der Waals surface area contributed by atoms with E-state index in [-0.39, 0.29) is 0 Å². The average Bonchev–Trinajstić information content (AvgIpc) is 2.36. The van der Waals surface area contributed by atoms with E-state index >= 15 is 0 Å². The summed E-state index contributed by atoms with van der Waals surface area (Å²) in [6, 6.07) is 10.5. The molecule has 0 amide bonds. The summed E-state index contributed by atoms with van der Waals surface area (Å²) in [7, 11) is 1.70. The van der Waals surface area contributed by atoms with Crippen LogP contribution in [-0.2, 0) is 0 Å². The van der Waals surface area contributed by atoms with Gasteiger partial charge in [-0.2, -0.15) is 0 Å². The molecule has 0 spiro atoms. The molecule has 0 unspecified atom stereocenters. The fourth-order valence-electron chi connectivity index (χ4n) is 2.38. The molecule has 0 aliphatic heterocycles. The number of hydrogen-bond donors (Lipinski definition) is 1. The van der Waals surface area contributed by atoms with Crippen molar-refractivity contribution >= 4 is 11.4 Å². The number of benzene rings is 2. The first kappa shape index (κ1) is 13.5. The summed E-state index contributed by atoms with van der Waals surface area (Å²) in [5, 5.41) is 3.57. The van der Waals surface area contributed by atoms with Gasteiger partial charge in [0.25, 0.3) is 0 Å². The Bertz CT molecular complexity index is 559. The van der Waals surface area contributed by atoms with Gasteiger partial charge in [-0.05, 0) is 62.1 Å². The van der Waals surface area contributed by atoms with Crippen molar-refractivity contribution in [2.75, 3.05) is 12.4 Å². The zero-order chi connectivity index (χ0) is 14.0. The lowest BCUT2D eigenvalue weighted by molar-refractivity contribution is 0.414. The Balaban J connectivity index is 2.44. The van der Waals surface area contributed by atoms with E-state index < -0.39 is 0 Å². The first-order chi connectivity index (χ1) is 9.02. The van der Waals surface area contributed by atoms with Gasteiger partial charge < -0.3 is 10.1 Å². The fourth-order valence-corrected chi connectivity index (χ4v) is 2.38. The molecule has 0 aliphatic rings. The summed E-state index contributed by atoms with van der Waals surface area (Å²) in [6.07, 6.45) is 0. The monoisotopic (exact) mass is 255 g/mol. The van der Waals surface area contributed by atoms with Crippen molar-refractivity contribution in [3.05, 3.63) is 52.6 Å². The van der Waals surface area contributed by atoms with Gasteiger partial charge in [-0.3, -0.25) is 0 Å². The number of methoxy groups -OCH3 is 1. The molecule has 2 nitrogen and oxygen atoms in total. The van der Waals surface area contributed by atoms with Gasteiger partial charge in [0.15, 0.2) is 0 Å². The van der Waals surface area contributed by atoms with Gasteiger partial charge in [-0.15, -0.1) is 0 Å². The largest absolute Gasteiger partial charge is 0.497 e. The van der Waals surface area contributed by atoms with Crippen molar-refractivity contribution in [2.45, 2.75) is 27.7 Å². The third-order valence-electron chi connectivity index (χ3n) is 3.47. The van der Waals surface area contributed by atoms with E-state index in [9.17, 15) is 0 Å². The number of ether oxygens (including phenoxy) is 1. The molecule has 19 heavy (non-hydrogen) atoms. The molecular formula is C17H21NO. The van der Waals surface area contributed by atoms with Crippen LogP contribution >= 0.6 is 0 Å². The Kier molecular flexibility index (Phi) is 3.79. The maximum Gasteiger partial charge on any atom is 0.119 e. The zero-order valence-electron chi connectivity index (χ0n) is 12.3. The van der Waals surface area contributed by atoms with Crippen LogP contribution in [0.5, 0.6) is 5.75 Å². The van der Waals surface area contributed by atoms with Gasteiger partial charge in [0, 0.05) is 11.4 Å². The van der Waals surface area contributed by atoms with Crippen LogP contribution < -0.4 is 10.1 Å². The van der Waals surface area contributed by atoms with Crippen LogP contribution in [0.2, 0.25) is 0 Å². The van der Waals surface area contributed by atoms with Crippen molar-refractivity contribution in [1.82, 2.24) is 0 Å². The van der Waals surface area contributed by atoms with E-state index in [1.807, 2.05) is 0 Å². The summed E-state index contributed by atoms with van der Waals surface area (Å²) >= 11 is 0. The summed E-state index contributed by atoms with van der Waals surface area (Å²) in [6.45, 7) is 8.46. The van der Waals surface area contributed by atoms with Crippen molar-refractivity contribution in [3.63, 3.8) is 0 Å². The zero-order valence-corrected chi connectivity index (χ0v) is 12.3. The minimum Gasteiger partial charge on any atom is -0.497 e. The van der Waals surface area contributed by atoms with Gasteiger partial charge in [0.1, 0.15) is 5.75 Å². The highest BCUT2D eigenvalue weighted by molar-refractivity contribution is 5.71. The molecule has 0 fully saturated rings. The third-order valence-corrected chi connectivity index (χ3v) is 3.47. The fraction of sp³-hybridized carbons (Fsp3) is 0.294. The minimum atomic E-state index is 0.905. The minimum absolute atomic E-state index is 0.905. The summed E-state index contributed by atoms with van der Waals surface area (Å²) in [4.78, 5) is 0. The highest BCUT2D eigenvalue weighted by Gasteiger charge is 2.08.